The SMILES string of the molecule is C[C@H](NC(=O)CN1C(=O)N[C@]2(CCCC[C@@H]2C)C1=O)c1ccc(F)cc1. The van der Waals surface area contributed by atoms with Crippen LogP contribution in [0.3, 0.4) is 0 Å². The van der Waals surface area contributed by atoms with Crippen LogP contribution in [-0.4, -0.2) is 34.8 Å². The van der Waals surface area contributed by atoms with Crippen molar-refractivity contribution in [1.29, 1.82) is 0 Å². The number of hydrogen-bond acceptors (Lipinski definition) is 3. The van der Waals surface area contributed by atoms with Gasteiger partial charge < -0.3 is 10.6 Å². The predicted octanol–water partition coefficient (Wildman–Crippen LogP) is 2.50. The van der Waals surface area contributed by atoms with E-state index in [1.165, 1.54) is 12.1 Å². The van der Waals surface area contributed by atoms with Gasteiger partial charge in [-0.3, -0.25) is 14.5 Å². The number of carbonyl (C=O) groups is 3. The van der Waals surface area contributed by atoms with Crippen molar-refractivity contribution in [3.63, 3.8) is 0 Å². The van der Waals surface area contributed by atoms with E-state index in [4.69, 9.17) is 0 Å². The van der Waals surface area contributed by atoms with Gasteiger partial charge in [0, 0.05) is 0 Å². The zero-order valence-electron chi connectivity index (χ0n) is 15.0. The van der Waals surface area contributed by atoms with E-state index in [0.717, 1.165) is 29.7 Å². The van der Waals surface area contributed by atoms with E-state index >= 15 is 0 Å². The van der Waals surface area contributed by atoms with Crippen molar-refractivity contribution >= 4 is 17.8 Å². The van der Waals surface area contributed by atoms with Gasteiger partial charge in [0.15, 0.2) is 0 Å². The highest BCUT2D eigenvalue weighted by Crippen LogP contribution is 2.38. The van der Waals surface area contributed by atoms with Crippen LogP contribution in [0.1, 0.15) is 51.1 Å². The van der Waals surface area contributed by atoms with Gasteiger partial charge in [0.05, 0.1) is 6.04 Å². The first-order valence-electron chi connectivity index (χ1n) is 9.02. The fraction of sp³-hybridized carbons (Fsp3) is 0.526. The molecule has 3 atom stereocenters. The Bertz CT molecular complexity index is 721. The van der Waals surface area contributed by atoms with Gasteiger partial charge in [-0.1, -0.05) is 31.9 Å². The molecule has 1 aliphatic carbocycles. The van der Waals surface area contributed by atoms with Crippen LogP contribution in [0.2, 0.25) is 0 Å². The molecule has 2 aliphatic rings. The Morgan fingerprint density at radius 3 is 2.69 bits per heavy atom. The molecule has 140 valence electrons. The van der Waals surface area contributed by atoms with E-state index in [-0.39, 0.29) is 30.2 Å². The van der Waals surface area contributed by atoms with Crippen molar-refractivity contribution in [2.45, 2.75) is 51.1 Å². The molecule has 1 saturated heterocycles. The molecular formula is C19H24FN3O3. The van der Waals surface area contributed by atoms with Crippen LogP contribution in [0.4, 0.5) is 9.18 Å². The number of amides is 4. The fourth-order valence-corrected chi connectivity index (χ4v) is 3.90. The second-order valence-electron chi connectivity index (χ2n) is 7.28. The number of nitrogens with one attached hydrogen (secondary N) is 2. The molecule has 1 spiro atoms. The topological polar surface area (TPSA) is 78.5 Å². The zero-order valence-corrected chi connectivity index (χ0v) is 15.0. The molecular weight excluding hydrogens is 337 g/mol. The van der Waals surface area contributed by atoms with Crippen LogP contribution in [0.15, 0.2) is 24.3 Å². The quantitative estimate of drug-likeness (QED) is 0.809. The average molecular weight is 361 g/mol. The number of carbonyl (C=O) groups excluding carboxylic acids is 3. The first kappa shape index (κ1) is 18.4. The maximum Gasteiger partial charge on any atom is 0.325 e. The second kappa shape index (κ2) is 7.05. The minimum atomic E-state index is -0.863. The molecule has 3 rings (SSSR count). The summed E-state index contributed by atoms with van der Waals surface area (Å²) in [6, 6.07) is 4.96. The third-order valence-corrected chi connectivity index (χ3v) is 5.55. The minimum absolute atomic E-state index is 0.0545. The van der Waals surface area contributed by atoms with Crippen molar-refractivity contribution < 1.29 is 18.8 Å². The van der Waals surface area contributed by atoms with Crippen molar-refractivity contribution in [3.05, 3.63) is 35.6 Å². The maximum atomic E-state index is 13.0. The summed E-state index contributed by atoms with van der Waals surface area (Å²) in [6.07, 6.45) is 3.43. The standard InChI is InChI=1S/C19H24FN3O3/c1-12-5-3-4-10-19(12)17(25)23(18(26)22-19)11-16(24)21-13(2)14-6-8-15(20)9-7-14/h6-9,12-13H,3-5,10-11H2,1-2H3,(H,21,24)(H,22,26)/t12-,13-,19-/m0/s1. The predicted molar refractivity (Wildman–Crippen MR) is 93.6 cm³/mol. The molecule has 2 N–H and O–H groups in total. The summed E-state index contributed by atoms with van der Waals surface area (Å²) in [5.41, 5.74) is -0.118. The molecule has 6 nitrogen and oxygen atoms in total. The van der Waals surface area contributed by atoms with Gasteiger partial charge in [0.2, 0.25) is 5.91 Å². The van der Waals surface area contributed by atoms with Crippen molar-refractivity contribution in [2.24, 2.45) is 5.92 Å². The lowest BCUT2D eigenvalue weighted by Gasteiger charge is -2.36. The summed E-state index contributed by atoms with van der Waals surface area (Å²) in [7, 11) is 0. The van der Waals surface area contributed by atoms with Gasteiger partial charge in [-0.05, 0) is 43.4 Å². The Labute approximate surface area is 152 Å². The number of benzene rings is 1. The molecule has 1 aromatic rings. The van der Waals surface area contributed by atoms with Crippen molar-refractivity contribution in [2.75, 3.05) is 6.54 Å². The summed E-state index contributed by atoms with van der Waals surface area (Å²) >= 11 is 0. The molecule has 0 radical (unpaired) electrons. The highest BCUT2D eigenvalue weighted by atomic mass is 19.1. The number of urea groups is 1. The normalized spacial score (nSPS) is 26.7. The Morgan fingerprint density at radius 2 is 2.04 bits per heavy atom. The van der Waals surface area contributed by atoms with Gasteiger partial charge in [-0.15, -0.1) is 0 Å². The molecule has 0 aromatic heterocycles. The Hall–Kier alpha value is -2.44. The fourth-order valence-electron chi connectivity index (χ4n) is 3.90. The third kappa shape index (κ3) is 3.30. The summed E-state index contributed by atoms with van der Waals surface area (Å²) in [6.45, 7) is 3.42. The first-order valence-corrected chi connectivity index (χ1v) is 9.02. The van der Waals surface area contributed by atoms with Crippen LogP contribution in [0.5, 0.6) is 0 Å². The summed E-state index contributed by atoms with van der Waals surface area (Å²) < 4.78 is 13.0. The highest BCUT2D eigenvalue weighted by Gasteiger charge is 2.55. The van der Waals surface area contributed by atoms with Crippen LogP contribution in [-0.2, 0) is 9.59 Å². The molecule has 1 heterocycles. The Kier molecular flexibility index (Phi) is 4.98. The van der Waals surface area contributed by atoms with Crippen LogP contribution < -0.4 is 10.6 Å². The Balaban J connectivity index is 1.64. The third-order valence-electron chi connectivity index (χ3n) is 5.55. The maximum absolute atomic E-state index is 13.0. The average Bonchev–Trinajstić information content (AvgIpc) is 2.83. The second-order valence-corrected chi connectivity index (χ2v) is 7.28. The summed E-state index contributed by atoms with van der Waals surface area (Å²) in [5, 5.41) is 5.58. The number of hydrogen-bond donors (Lipinski definition) is 2. The molecule has 1 aromatic carbocycles. The first-order chi connectivity index (χ1) is 12.3. The Morgan fingerprint density at radius 1 is 1.35 bits per heavy atom. The highest BCUT2D eigenvalue weighted by molar-refractivity contribution is 6.09. The van der Waals surface area contributed by atoms with Crippen LogP contribution in [0.25, 0.3) is 0 Å². The van der Waals surface area contributed by atoms with Crippen LogP contribution >= 0.6 is 0 Å². The number of imide groups is 1. The van der Waals surface area contributed by atoms with Crippen molar-refractivity contribution in [1.82, 2.24) is 15.5 Å². The van der Waals surface area contributed by atoms with Gasteiger partial charge in [-0.25, -0.2) is 9.18 Å². The summed E-state index contributed by atoms with van der Waals surface area (Å²) in [4.78, 5) is 38.5. The van der Waals surface area contributed by atoms with Gasteiger partial charge >= 0.3 is 6.03 Å². The van der Waals surface area contributed by atoms with E-state index in [1.807, 2.05) is 6.92 Å². The molecule has 1 aliphatic heterocycles. The van der Waals surface area contributed by atoms with E-state index in [1.54, 1.807) is 19.1 Å². The molecule has 4 amide bonds. The van der Waals surface area contributed by atoms with Gasteiger partial charge in [0.1, 0.15) is 17.9 Å². The number of halogens is 1. The molecule has 26 heavy (non-hydrogen) atoms. The summed E-state index contributed by atoms with van der Waals surface area (Å²) in [5.74, 6) is -1.03. The number of nitrogens with zero attached hydrogens (tertiary/aromatic N) is 1. The zero-order chi connectivity index (χ0) is 18.9. The largest absolute Gasteiger partial charge is 0.348 e. The molecule has 2 fully saturated rings. The number of rotatable bonds is 4. The van der Waals surface area contributed by atoms with Gasteiger partial charge in [-0.2, -0.15) is 0 Å². The lowest BCUT2D eigenvalue weighted by molar-refractivity contribution is -0.137. The lowest BCUT2D eigenvalue weighted by Crippen LogP contribution is -2.54. The van der Waals surface area contributed by atoms with Crippen molar-refractivity contribution in [3.8, 4) is 0 Å². The smallest absolute Gasteiger partial charge is 0.325 e. The molecule has 0 bridgehead atoms. The van der Waals surface area contributed by atoms with E-state index in [2.05, 4.69) is 10.6 Å². The molecule has 7 heteroatoms. The minimum Gasteiger partial charge on any atom is -0.348 e. The van der Waals surface area contributed by atoms with E-state index < -0.39 is 17.5 Å². The lowest BCUT2D eigenvalue weighted by atomic mass is 9.73. The monoisotopic (exact) mass is 361 g/mol. The van der Waals surface area contributed by atoms with Gasteiger partial charge in [0.25, 0.3) is 5.91 Å². The van der Waals surface area contributed by atoms with E-state index in [9.17, 15) is 18.8 Å². The molecule has 1 saturated carbocycles. The van der Waals surface area contributed by atoms with Crippen LogP contribution in [0, 0.1) is 11.7 Å². The van der Waals surface area contributed by atoms with E-state index in [0.29, 0.717) is 6.42 Å². The molecule has 0 unspecified atom stereocenters.